The number of rotatable bonds is 1. The molecule has 2 heterocycles. The number of aryl methyl sites for hydroxylation is 1. The highest BCUT2D eigenvalue weighted by molar-refractivity contribution is 7.91. The Labute approximate surface area is 105 Å². The second-order valence-corrected chi connectivity index (χ2v) is 6.93. The lowest BCUT2D eigenvalue weighted by Crippen LogP contribution is -2.36. The van der Waals surface area contributed by atoms with Gasteiger partial charge in [-0.25, -0.2) is 13.2 Å². The standard InChI is InChI=1S/C12H13NO4S/c1-8-3-2-4-9(5-8)13-10-6-18(15,16)7-11(10)17-12(13)14/h2-5,10-11H,6-7H2,1H3/t10-,11+/m0/s1. The molecule has 2 atom stereocenters. The minimum Gasteiger partial charge on any atom is -0.442 e. The zero-order valence-corrected chi connectivity index (χ0v) is 10.7. The van der Waals surface area contributed by atoms with Gasteiger partial charge >= 0.3 is 6.09 Å². The van der Waals surface area contributed by atoms with Crippen LogP contribution in [0, 0.1) is 6.92 Å². The molecule has 0 aromatic heterocycles. The van der Waals surface area contributed by atoms with Crippen molar-refractivity contribution in [1.29, 1.82) is 0 Å². The Kier molecular flexibility index (Phi) is 2.38. The summed E-state index contributed by atoms with van der Waals surface area (Å²) in [5, 5.41) is 0. The fraction of sp³-hybridized carbons (Fsp3) is 0.417. The highest BCUT2D eigenvalue weighted by Crippen LogP contribution is 2.32. The van der Waals surface area contributed by atoms with Gasteiger partial charge in [0.2, 0.25) is 0 Å². The fourth-order valence-electron chi connectivity index (χ4n) is 2.55. The first-order chi connectivity index (χ1) is 8.46. The van der Waals surface area contributed by atoms with E-state index in [9.17, 15) is 13.2 Å². The van der Waals surface area contributed by atoms with Gasteiger partial charge in [-0.05, 0) is 24.6 Å². The smallest absolute Gasteiger partial charge is 0.415 e. The summed E-state index contributed by atoms with van der Waals surface area (Å²) in [7, 11) is -3.10. The Hall–Kier alpha value is -1.56. The molecule has 0 radical (unpaired) electrons. The van der Waals surface area contributed by atoms with E-state index < -0.39 is 22.0 Å². The maximum Gasteiger partial charge on any atom is 0.415 e. The average molecular weight is 267 g/mol. The van der Waals surface area contributed by atoms with Crippen molar-refractivity contribution in [2.24, 2.45) is 0 Å². The summed E-state index contributed by atoms with van der Waals surface area (Å²) in [6.45, 7) is 1.92. The molecule has 0 spiro atoms. The first-order valence-corrected chi connectivity index (χ1v) is 7.55. The lowest BCUT2D eigenvalue weighted by molar-refractivity contribution is 0.147. The van der Waals surface area contributed by atoms with Gasteiger partial charge in [-0.1, -0.05) is 12.1 Å². The molecule has 2 fully saturated rings. The van der Waals surface area contributed by atoms with Crippen molar-refractivity contribution >= 4 is 21.6 Å². The van der Waals surface area contributed by atoms with Crippen molar-refractivity contribution in [2.75, 3.05) is 16.4 Å². The van der Waals surface area contributed by atoms with Crippen LogP contribution in [0.3, 0.4) is 0 Å². The molecule has 2 saturated heterocycles. The number of benzene rings is 1. The number of anilines is 1. The van der Waals surface area contributed by atoms with Crippen molar-refractivity contribution in [2.45, 2.75) is 19.1 Å². The molecule has 5 nitrogen and oxygen atoms in total. The number of carbonyl (C=O) groups is 1. The van der Waals surface area contributed by atoms with Crippen molar-refractivity contribution in [1.82, 2.24) is 0 Å². The molecule has 0 unspecified atom stereocenters. The Morgan fingerprint density at radius 2 is 2.11 bits per heavy atom. The molecule has 1 amide bonds. The van der Waals surface area contributed by atoms with E-state index in [0.29, 0.717) is 5.69 Å². The van der Waals surface area contributed by atoms with Crippen LogP contribution in [-0.4, -0.2) is 38.2 Å². The number of carbonyl (C=O) groups excluding carboxylic acids is 1. The van der Waals surface area contributed by atoms with Gasteiger partial charge in [0.15, 0.2) is 9.84 Å². The molecule has 1 aromatic carbocycles. The van der Waals surface area contributed by atoms with Gasteiger partial charge in [-0.3, -0.25) is 4.90 Å². The van der Waals surface area contributed by atoms with Gasteiger partial charge in [-0.2, -0.15) is 0 Å². The number of ether oxygens (including phenoxy) is 1. The normalized spacial score (nSPS) is 29.2. The number of sulfone groups is 1. The lowest BCUT2D eigenvalue weighted by atomic mass is 10.1. The van der Waals surface area contributed by atoms with E-state index in [-0.39, 0.29) is 17.5 Å². The topological polar surface area (TPSA) is 63.7 Å². The Morgan fingerprint density at radius 3 is 2.83 bits per heavy atom. The van der Waals surface area contributed by atoms with Gasteiger partial charge in [0.1, 0.15) is 6.10 Å². The van der Waals surface area contributed by atoms with E-state index in [2.05, 4.69) is 0 Å². The highest BCUT2D eigenvalue weighted by Gasteiger charge is 2.51. The molecule has 2 aliphatic rings. The second-order valence-electron chi connectivity index (χ2n) is 4.78. The quantitative estimate of drug-likeness (QED) is 0.765. The monoisotopic (exact) mass is 267 g/mol. The first-order valence-electron chi connectivity index (χ1n) is 5.73. The molecule has 1 aromatic rings. The molecule has 0 N–H and O–H groups in total. The minimum absolute atomic E-state index is 0.0165. The Bertz CT molecular complexity index is 610. The summed E-state index contributed by atoms with van der Waals surface area (Å²) in [4.78, 5) is 13.3. The molecule has 0 saturated carbocycles. The van der Waals surface area contributed by atoms with Crippen molar-refractivity contribution in [3.63, 3.8) is 0 Å². The van der Waals surface area contributed by atoms with E-state index in [0.717, 1.165) is 5.56 Å². The van der Waals surface area contributed by atoms with Crippen LogP contribution in [0.25, 0.3) is 0 Å². The summed E-state index contributed by atoms with van der Waals surface area (Å²) in [6.07, 6.45) is -0.978. The fourth-order valence-corrected chi connectivity index (χ4v) is 4.36. The minimum atomic E-state index is -3.10. The summed E-state index contributed by atoms with van der Waals surface area (Å²) < 4.78 is 28.3. The number of nitrogens with zero attached hydrogens (tertiary/aromatic N) is 1. The SMILES string of the molecule is Cc1cccc(N2C(=O)O[C@@H]3CS(=O)(=O)C[C@@H]32)c1. The highest BCUT2D eigenvalue weighted by atomic mass is 32.2. The number of hydrogen-bond acceptors (Lipinski definition) is 4. The van der Waals surface area contributed by atoms with Crippen LogP contribution in [-0.2, 0) is 14.6 Å². The zero-order valence-electron chi connectivity index (χ0n) is 9.87. The van der Waals surface area contributed by atoms with Gasteiger partial charge in [0.05, 0.1) is 17.5 Å². The van der Waals surface area contributed by atoms with E-state index in [1.807, 2.05) is 25.1 Å². The second kappa shape index (κ2) is 3.71. The zero-order chi connectivity index (χ0) is 12.9. The van der Waals surface area contributed by atoms with Crippen LogP contribution in [0.1, 0.15) is 5.56 Å². The molecule has 3 rings (SSSR count). The van der Waals surface area contributed by atoms with Crippen LogP contribution in [0.2, 0.25) is 0 Å². The van der Waals surface area contributed by atoms with Crippen molar-refractivity contribution in [3.05, 3.63) is 29.8 Å². The largest absolute Gasteiger partial charge is 0.442 e. The third-order valence-electron chi connectivity index (χ3n) is 3.33. The van der Waals surface area contributed by atoms with E-state index >= 15 is 0 Å². The van der Waals surface area contributed by atoms with E-state index in [4.69, 9.17) is 4.74 Å². The first kappa shape index (κ1) is 11.5. The Morgan fingerprint density at radius 1 is 1.33 bits per heavy atom. The third-order valence-corrected chi connectivity index (χ3v) is 5.02. The van der Waals surface area contributed by atoms with Crippen LogP contribution < -0.4 is 4.90 Å². The molecular weight excluding hydrogens is 254 g/mol. The maximum atomic E-state index is 11.8. The summed E-state index contributed by atoms with van der Waals surface area (Å²) >= 11 is 0. The maximum absolute atomic E-state index is 11.8. The summed E-state index contributed by atoms with van der Waals surface area (Å²) in [5.41, 5.74) is 1.72. The van der Waals surface area contributed by atoms with Crippen LogP contribution in [0.5, 0.6) is 0 Å². The van der Waals surface area contributed by atoms with Crippen molar-refractivity contribution < 1.29 is 17.9 Å². The average Bonchev–Trinajstić information content (AvgIpc) is 2.68. The van der Waals surface area contributed by atoms with Gasteiger partial charge in [0, 0.05) is 5.69 Å². The van der Waals surface area contributed by atoms with Crippen LogP contribution in [0.15, 0.2) is 24.3 Å². The molecule has 18 heavy (non-hydrogen) atoms. The Balaban J connectivity index is 1.99. The van der Waals surface area contributed by atoms with E-state index in [1.54, 1.807) is 6.07 Å². The van der Waals surface area contributed by atoms with Gasteiger partial charge in [0.25, 0.3) is 0 Å². The number of amides is 1. The molecule has 2 aliphatic heterocycles. The number of fused-ring (bicyclic) bond motifs is 1. The van der Waals surface area contributed by atoms with E-state index in [1.165, 1.54) is 4.90 Å². The lowest BCUT2D eigenvalue weighted by Gasteiger charge is -2.19. The molecule has 96 valence electrons. The predicted molar refractivity (Wildman–Crippen MR) is 66.4 cm³/mol. The molecule has 0 aliphatic carbocycles. The van der Waals surface area contributed by atoms with Crippen molar-refractivity contribution in [3.8, 4) is 0 Å². The van der Waals surface area contributed by atoms with Gasteiger partial charge in [-0.15, -0.1) is 0 Å². The predicted octanol–water partition coefficient (Wildman–Crippen LogP) is 1.12. The third kappa shape index (κ3) is 1.77. The summed E-state index contributed by atoms with van der Waals surface area (Å²) in [5.74, 6) is -0.0803. The molecular formula is C12H13NO4S. The van der Waals surface area contributed by atoms with Crippen LogP contribution in [0.4, 0.5) is 10.5 Å². The number of hydrogen-bond donors (Lipinski definition) is 0. The molecule has 6 heteroatoms. The summed E-state index contributed by atoms with van der Waals surface area (Å²) in [6, 6.07) is 7.03. The molecule has 0 bridgehead atoms. The van der Waals surface area contributed by atoms with Gasteiger partial charge < -0.3 is 4.74 Å². The van der Waals surface area contributed by atoms with Crippen LogP contribution >= 0.6 is 0 Å².